The highest BCUT2D eigenvalue weighted by atomic mass is 19.4. The molecule has 0 aliphatic carbocycles. The average molecular weight is 276 g/mol. The van der Waals surface area contributed by atoms with Gasteiger partial charge in [-0.3, -0.25) is 0 Å². The summed E-state index contributed by atoms with van der Waals surface area (Å²) in [6.45, 7) is 6.03. The zero-order chi connectivity index (χ0) is 14.8. The Bertz CT molecular complexity index is 450. The zero-order valence-corrected chi connectivity index (χ0v) is 11.5. The Morgan fingerprint density at radius 2 is 1.79 bits per heavy atom. The molecule has 0 spiro atoms. The Balaban J connectivity index is 3.20. The first-order valence-electron chi connectivity index (χ1n) is 5.83. The monoisotopic (exact) mass is 276 g/mol. The van der Waals surface area contributed by atoms with E-state index in [0.29, 0.717) is 5.56 Å². The van der Waals surface area contributed by atoms with Crippen LogP contribution in [0.3, 0.4) is 0 Å². The van der Waals surface area contributed by atoms with Gasteiger partial charge < -0.3 is 15.8 Å². The standard InChI is InChI=1S/C13H19F3N2O/c1-12(2,3)18-7-8-5-9(17)6-10(11(8)19-4)13(14,15)16/h5-6,18H,7,17H2,1-4H3. The molecule has 1 rings (SSSR count). The molecule has 0 saturated carbocycles. The Morgan fingerprint density at radius 1 is 1.21 bits per heavy atom. The van der Waals surface area contributed by atoms with Crippen LogP contribution in [0.1, 0.15) is 31.9 Å². The van der Waals surface area contributed by atoms with Gasteiger partial charge in [-0.15, -0.1) is 0 Å². The molecular formula is C13H19F3N2O. The maximum absolute atomic E-state index is 12.9. The fourth-order valence-corrected chi connectivity index (χ4v) is 1.66. The van der Waals surface area contributed by atoms with Crippen LogP contribution in [0, 0.1) is 0 Å². The number of rotatable bonds is 3. The summed E-state index contributed by atoms with van der Waals surface area (Å²) >= 11 is 0. The van der Waals surface area contributed by atoms with Gasteiger partial charge in [0.1, 0.15) is 5.75 Å². The molecule has 3 nitrogen and oxygen atoms in total. The van der Waals surface area contributed by atoms with Crippen molar-refractivity contribution in [2.45, 2.75) is 39.0 Å². The summed E-state index contributed by atoms with van der Waals surface area (Å²) in [7, 11) is 1.22. The molecule has 0 bridgehead atoms. The lowest BCUT2D eigenvalue weighted by molar-refractivity contribution is -0.138. The summed E-state index contributed by atoms with van der Waals surface area (Å²) < 4.78 is 43.6. The molecule has 0 heterocycles. The number of methoxy groups -OCH3 is 1. The lowest BCUT2D eigenvalue weighted by Crippen LogP contribution is -2.35. The summed E-state index contributed by atoms with van der Waals surface area (Å²) in [6, 6.07) is 2.38. The van der Waals surface area contributed by atoms with Gasteiger partial charge in [0.15, 0.2) is 0 Å². The van der Waals surface area contributed by atoms with Gasteiger partial charge in [0.2, 0.25) is 0 Å². The SMILES string of the molecule is COc1c(CNC(C)(C)C)cc(N)cc1C(F)(F)F. The molecule has 1 aromatic rings. The van der Waals surface area contributed by atoms with Crippen LogP contribution in [-0.4, -0.2) is 12.6 Å². The van der Waals surface area contributed by atoms with Crippen LogP contribution in [-0.2, 0) is 12.7 Å². The van der Waals surface area contributed by atoms with Crippen LogP contribution in [0.5, 0.6) is 5.75 Å². The van der Waals surface area contributed by atoms with Crippen LogP contribution in [0.2, 0.25) is 0 Å². The largest absolute Gasteiger partial charge is 0.496 e. The molecule has 0 amide bonds. The van der Waals surface area contributed by atoms with Crippen molar-refractivity contribution in [2.24, 2.45) is 0 Å². The summed E-state index contributed by atoms with van der Waals surface area (Å²) in [5.74, 6) is -0.182. The molecule has 0 saturated heterocycles. The fourth-order valence-electron chi connectivity index (χ4n) is 1.66. The van der Waals surface area contributed by atoms with E-state index in [2.05, 4.69) is 5.32 Å². The van der Waals surface area contributed by atoms with Crippen molar-refractivity contribution >= 4 is 5.69 Å². The molecule has 108 valence electrons. The highest BCUT2D eigenvalue weighted by molar-refractivity contribution is 5.54. The third-order valence-corrected chi connectivity index (χ3v) is 2.51. The van der Waals surface area contributed by atoms with E-state index >= 15 is 0 Å². The number of nitrogens with two attached hydrogens (primary N) is 1. The molecule has 6 heteroatoms. The van der Waals surface area contributed by atoms with Gasteiger partial charge in [0, 0.05) is 23.3 Å². The number of hydrogen-bond acceptors (Lipinski definition) is 3. The first-order valence-corrected chi connectivity index (χ1v) is 5.83. The van der Waals surface area contributed by atoms with Gasteiger partial charge in [-0.25, -0.2) is 0 Å². The minimum absolute atomic E-state index is 0.0684. The van der Waals surface area contributed by atoms with E-state index in [-0.39, 0.29) is 23.5 Å². The molecule has 0 fully saturated rings. The second-order valence-electron chi connectivity index (χ2n) is 5.36. The predicted molar refractivity (Wildman–Crippen MR) is 69.0 cm³/mol. The third kappa shape index (κ3) is 4.31. The molecule has 0 aliphatic heterocycles. The van der Waals surface area contributed by atoms with Gasteiger partial charge >= 0.3 is 6.18 Å². The summed E-state index contributed by atoms with van der Waals surface area (Å²) in [6.07, 6.45) is -4.49. The quantitative estimate of drug-likeness (QED) is 0.833. The van der Waals surface area contributed by atoms with E-state index in [1.807, 2.05) is 20.8 Å². The molecule has 19 heavy (non-hydrogen) atoms. The first kappa shape index (κ1) is 15.6. The van der Waals surface area contributed by atoms with Crippen molar-refractivity contribution in [1.29, 1.82) is 0 Å². The summed E-state index contributed by atoms with van der Waals surface area (Å²) in [4.78, 5) is 0. The molecule has 0 atom stereocenters. The van der Waals surface area contributed by atoms with Crippen LogP contribution in [0.15, 0.2) is 12.1 Å². The van der Waals surface area contributed by atoms with E-state index in [4.69, 9.17) is 10.5 Å². The van der Waals surface area contributed by atoms with E-state index in [9.17, 15) is 13.2 Å². The van der Waals surface area contributed by atoms with Gasteiger partial charge in [0.25, 0.3) is 0 Å². The van der Waals surface area contributed by atoms with E-state index in [0.717, 1.165) is 6.07 Å². The molecule has 0 radical (unpaired) electrons. The number of alkyl halides is 3. The van der Waals surface area contributed by atoms with Crippen molar-refractivity contribution in [2.75, 3.05) is 12.8 Å². The summed E-state index contributed by atoms with van der Waals surface area (Å²) in [5.41, 5.74) is 4.94. The maximum atomic E-state index is 12.9. The zero-order valence-electron chi connectivity index (χ0n) is 11.5. The Kier molecular flexibility index (Phi) is 4.35. The van der Waals surface area contributed by atoms with Crippen molar-refractivity contribution in [3.05, 3.63) is 23.3 Å². The van der Waals surface area contributed by atoms with Gasteiger partial charge in [-0.1, -0.05) is 0 Å². The third-order valence-electron chi connectivity index (χ3n) is 2.51. The van der Waals surface area contributed by atoms with Crippen molar-refractivity contribution in [1.82, 2.24) is 5.32 Å². The van der Waals surface area contributed by atoms with Crippen LogP contribution in [0.4, 0.5) is 18.9 Å². The number of ether oxygens (including phenoxy) is 1. The first-order chi connectivity index (χ1) is 8.54. The van der Waals surface area contributed by atoms with E-state index < -0.39 is 11.7 Å². The number of benzene rings is 1. The average Bonchev–Trinajstić information content (AvgIpc) is 2.23. The Labute approximate surface area is 110 Å². The van der Waals surface area contributed by atoms with Gasteiger partial charge in [0.05, 0.1) is 12.7 Å². The molecule has 3 N–H and O–H groups in total. The molecular weight excluding hydrogens is 257 g/mol. The fraction of sp³-hybridized carbons (Fsp3) is 0.538. The lowest BCUT2D eigenvalue weighted by Gasteiger charge is -2.23. The van der Waals surface area contributed by atoms with E-state index in [1.54, 1.807) is 0 Å². The number of hydrogen-bond donors (Lipinski definition) is 2. The summed E-state index contributed by atoms with van der Waals surface area (Å²) in [5, 5.41) is 3.12. The van der Waals surface area contributed by atoms with Crippen molar-refractivity contribution in [3.63, 3.8) is 0 Å². The normalized spacial score (nSPS) is 12.6. The van der Waals surface area contributed by atoms with Crippen LogP contribution >= 0.6 is 0 Å². The second-order valence-corrected chi connectivity index (χ2v) is 5.36. The van der Waals surface area contributed by atoms with Crippen LogP contribution < -0.4 is 15.8 Å². The van der Waals surface area contributed by atoms with E-state index in [1.165, 1.54) is 13.2 Å². The highest BCUT2D eigenvalue weighted by Crippen LogP contribution is 2.39. The highest BCUT2D eigenvalue weighted by Gasteiger charge is 2.35. The van der Waals surface area contributed by atoms with Gasteiger partial charge in [-0.05, 0) is 32.9 Å². The van der Waals surface area contributed by atoms with Crippen molar-refractivity contribution < 1.29 is 17.9 Å². The Hall–Kier alpha value is -1.43. The predicted octanol–water partition coefficient (Wildman–Crippen LogP) is 3.18. The van der Waals surface area contributed by atoms with Crippen LogP contribution in [0.25, 0.3) is 0 Å². The number of nitrogen functional groups attached to an aromatic ring is 1. The number of nitrogens with one attached hydrogen (secondary N) is 1. The minimum atomic E-state index is -4.49. The molecule has 1 aromatic carbocycles. The van der Waals surface area contributed by atoms with Crippen molar-refractivity contribution in [3.8, 4) is 5.75 Å². The smallest absolute Gasteiger partial charge is 0.420 e. The maximum Gasteiger partial charge on any atom is 0.420 e. The molecule has 0 aliphatic rings. The lowest BCUT2D eigenvalue weighted by atomic mass is 10.0. The topological polar surface area (TPSA) is 47.3 Å². The number of halogens is 3. The Morgan fingerprint density at radius 3 is 2.21 bits per heavy atom. The number of anilines is 1. The minimum Gasteiger partial charge on any atom is -0.496 e. The molecule has 0 unspecified atom stereocenters. The second kappa shape index (κ2) is 5.28. The molecule has 0 aromatic heterocycles. The van der Waals surface area contributed by atoms with Gasteiger partial charge in [-0.2, -0.15) is 13.2 Å².